The van der Waals surface area contributed by atoms with Gasteiger partial charge in [-0.1, -0.05) is 27.7 Å². The Hall–Kier alpha value is -0.610. The number of hydrogen-bond donors (Lipinski definition) is 1. The fourth-order valence-electron chi connectivity index (χ4n) is 3.24. The summed E-state index contributed by atoms with van der Waals surface area (Å²) in [6.07, 6.45) is 4.89. The summed E-state index contributed by atoms with van der Waals surface area (Å²) in [7, 11) is 0. The van der Waals surface area contributed by atoms with Crippen LogP contribution < -0.4 is 5.32 Å². The predicted octanol–water partition coefficient (Wildman–Crippen LogP) is 2.38. The molecule has 0 aromatic rings. The Bertz CT molecular complexity index is 324. The highest BCUT2D eigenvalue weighted by molar-refractivity contribution is 5.84. The van der Waals surface area contributed by atoms with Crippen LogP contribution >= 0.6 is 0 Å². The van der Waals surface area contributed by atoms with Crippen molar-refractivity contribution in [2.75, 3.05) is 13.2 Å². The molecule has 1 amide bonds. The molecule has 4 nitrogen and oxygen atoms in total. The third-order valence-corrected chi connectivity index (χ3v) is 4.37. The maximum Gasteiger partial charge on any atom is 0.241 e. The van der Waals surface area contributed by atoms with Gasteiger partial charge in [0, 0.05) is 13.2 Å². The Morgan fingerprint density at radius 3 is 2.65 bits per heavy atom. The van der Waals surface area contributed by atoms with Gasteiger partial charge in [-0.2, -0.15) is 0 Å². The van der Waals surface area contributed by atoms with E-state index in [0.717, 1.165) is 32.4 Å². The zero-order valence-electron chi connectivity index (χ0n) is 13.4. The molecule has 2 fully saturated rings. The SMILES string of the molecule is CC(C)CC1NC(C(C)C)C(=O)N1CCC1CCCO1. The van der Waals surface area contributed by atoms with Gasteiger partial charge in [0.05, 0.1) is 18.3 Å². The average Bonchev–Trinajstić information content (AvgIpc) is 2.95. The Kier molecular flexibility index (Phi) is 5.44. The van der Waals surface area contributed by atoms with Gasteiger partial charge in [-0.3, -0.25) is 10.1 Å². The van der Waals surface area contributed by atoms with Crippen LogP contribution in [0.25, 0.3) is 0 Å². The molecule has 2 saturated heterocycles. The molecule has 0 aromatic heterocycles. The van der Waals surface area contributed by atoms with Crippen LogP contribution in [0.5, 0.6) is 0 Å². The third kappa shape index (κ3) is 3.73. The molecule has 20 heavy (non-hydrogen) atoms. The van der Waals surface area contributed by atoms with Crippen molar-refractivity contribution in [2.45, 2.75) is 71.7 Å². The lowest BCUT2D eigenvalue weighted by Crippen LogP contribution is -2.40. The van der Waals surface area contributed by atoms with E-state index in [2.05, 4.69) is 37.9 Å². The van der Waals surface area contributed by atoms with Crippen molar-refractivity contribution in [1.29, 1.82) is 0 Å². The number of hydrogen-bond acceptors (Lipinski definition) is 3. The summed E-state index contributed by atoms with van der Waals surface area (Å²) in [4.78, 5) is 14.6. The Balaban J connectivity index is 1.95. The summed E-state index contributed by atoms with van der Waals surface area (Å²) in [5, 5.41) is 3.53. The molecule has 0 saturated carbocycles. The fraction of sp³-hybridized carbons (Fsp3) is 0.938. The quantitative estimate of drug-likeness (QED) is 0.813. The fourth-order valence-corrected chi connectivity index (χ4v) is 3.24. The standard InChI is InChI=1S/C16H30N2O2/c1-11(2)10-14-17-15(12(3)4)16(19)18(14)8-7-13-6-5-9-20-13/h11-15,17H,5-10H2,1-4H3. The molecule has 0 radical (unpaired) electrons. The largest absolute Gasteiger partial charge is 0.378 e. The number of carbonyl (C=O) groups is 1. The molecule has 3 unspecified atom stereocenters. The lowest BCUT2D eigenvalue weighted by Gasteiger charge is -2.26. The van der Waals surface area contributed by atoms with Crippen molar-refractivity contribution < 1.29 is 9.53 Å². The number of carbonyl (C=O) groups excluding carboxylic acids is 1. The maximum absolute atomic E-state index is 12.6. The Labute approximate surface area is 123 Å². The van der Waals surface area contributed by atoms with Gasteiger partial charge in [0.15, 0.2) is 0 Å². The summed E-state index contributed by atoms with van der Waals surface area (Å²) in [5.74, 6) is 1.23. The van der Waals surface area contributed by atoms with E-state index in [1.807, 2.05) is 0 Å². The second-order valence-corrected chi connectivity index (χ2v) is 6.99. The van der Waals surface area contributed by atoms with E-state index in [9.17, 15) is 4.79 Å². The molecular weight excluding hydrogens is 252 g/mol. The van der Waals surface area contributed by atoms with Gasteiger partial charge in [-0.05, 0) is 37.5 Å². The lowest BCUT2D eigenvalue weighted by atomic mass is 10.0. The van der Waals surface area contributed by atoms with Gasteiger partial charge >= 0.3 is 0 Å². The minimum atomic E-state index is -0.0109. The molecule has 1 N–H and O–H groups in total. The molecule has 3 atom stereocenters. The Morgan fingerprint density at radius 2 is 2.10 bits per heavy atom. The molecule has 2 aliphatic heterocycles. The molecule has 4 heteroatoms. The molecule has 2 rings (SSSR count). The van der Waals surface area contributed by atoms with Gasteiger partial charge in [-0.15, -0.1) is 0 Å². The molecule has 116 valence electrons. The smallest absolute Gasteiger partial charge is 0.241 e. The van der Waals surface area contributed by atoms with Gasteiger partial charge in [-0.25, -0.2) is 0 Å². The molecule has 0 spiro atoms. The molecule has 0 aliphatic carbocycles. The van der Waals surface area contributed by atoms with Crippen molar-refractivity contribution in [2.24, 2.45) is 11.8 Å². The molecule has 0 bridgehead atoms. The number of rotatable bonds is 6. The highest BCUT2D eigenvalue weighted by Gasteiger charge is 2.40. The molecule has 2 aliphatic rings. The monoisotopic (exact) mass is 282 g/mol. The van der Waals surface area contributed by atoms with E-state index in [0.29, 0.717) is 17.9 Å². The minimum absolute atomic E-state index is 0.0109. The van der Waals surface area contributed by atoms with Crippen molar-refractivity contribution in [3.05, 3.63) is 0 Å². The number of nitrogens with zero attached hydrogens (tertiary/aromatic N) is 1. The van der Waals surface area contributed by atoms with Crippen molar-refractivity contribution in [1.82, 2.24) is 10.2 Å². The third-order valence-electron chi connectivity index (χ3n) is 4.37. The number of ether oxygens (including phenoxy) is 1. The minimum Gasteiger partial charge on any atom is -0.378 e. The zero-order valence-corrected chi connectivity index (χ0v) is 13.4. The summed E-state index contributed by atoms with van der Waals surface area (Å²) in [6, 6.07) is -0.0109. The predicted molar refractivity (Wildman–Crippen MR) is 80.3 cm³/mol. The first kappa shape index (κ1) is 15.8. The van der Waals surface area contributed by atoms with Gasteiger partial charge in [0.25, 0.3) is 0 Å². The highest BCUT2D eigenvalue weighted by atomic mass is 16.5. The summed E-state index contributed by atoms with van der Waals surface area (Å²) in [6.45, 7) is 10.4. The average molecular weight is 282 g/mol. The van der Waals surface area contributed by atoms with Crippen molar-refractivity contribution in [3.8, 4) is 0 Å². The Morgan fingerprint density at radius 1 is 1.35 bits per heavy atom. The van der Waals surface area contributed by atoms with Crippen LogP contribution in [0.15, 0.2) is 0 Å². The first-order chi connectivity index (χ1) is 9.49. The van der Waals surface area contributed by atoms with Crippen LogP contribution in [0.3, 0.4) is 0 Å². The van der Waals surface area contributed by atoms with Gasteiger partial charge in [0.1, 0.15) is 0 Å². The highest BCUT2D eigenvalue weighted by Crippen LogP contribution is 2.23. The summed E-state index contributed by atoms with van der Waals surface area (Å²) >= 11 is 0. The topological polar surface area (TPSA) is 41.6 Å². The van der Waals surface area contributed by atoms with E-state index in [1.165, 1.54) is 6.42 Å². The molecule has 0 aromatic carbocycles. The van der Waals surface area contributed by atoms with Crippen LogP contribution in [0.4, 0.5) is 0 Å². The molecule has 2 heterocycles. The first-order valence-electron chi connectivity index (χ1n) is 8.17. The van der Waals surface area contributed by atoms with E-state index in [-0.39, 0.29) is 18.1 Å². The van der Waals surface area contributed by atoms with Crippen molar-refractivity contribution >= 4 is 5.91 Å². The van der Waals surface area contributed by atoms with E-state index < -0.39 is 0 Å². The van der Waals surface area contributed by atoms with Crippen molar-refractivity contribution in [3.63, 3.8) is 0 Å². The maximum atomic E-state index is 12.6. The van der Waals surface area contributed by atoms with Crippen LogP contribution in [0, 0.1) is 11.8 Å². The van der Waals surface area contributed by atoms with Gasteiger partial charge in [0.2, 0.25) is 5.91 Å². The second-order valence-electron chi connectivity index (χ2n) is 6.99. The van der Waals surface area contributed by atoms with E-state index >= 15 is 0 Å². The first-order valence-corrected chi connectivity index (χ1v) is 8.17. The van der Waals surface area contributed by atoms with Crippen LogP contribution in [-0.4, -0.2) is 42.3 Å². The van der Waals surface area contributed by atoms with Crippen LogP contribution in [0.2, 0.25) is 0 Å². The normalized spacial score (nSPS) is 31.0. The van der Waals surface area contributed by atoms with E-state index in [4.69, 9.17) is 4.74 Å². The second kappa shape index (κ2) is 6.90. The zero-order chi connectivity index (χ0) is 14.7. The van der Waals surface area contributed by atoms with Crippen LogP contribution in [-0.2, 0) is 9.53 Å². The van der Waals surface area contributed by atoms with Gasteiger partial charge < -0.3 is 9.64 Å². The molecular formula is C16H30N2O2. The number of nitrogens with one attached hydrogen (secondary N) is 1. The summed E-state index contributed by atoms with van der Waals surface area (Å²) in [5.41, 5.74) is 0. The van der Waals surface area contributed by atoms with E-state index in [1.54, 1.807) is 0 Å². The summed E-state index contributed by atoms with van der Waals surface area (Å²) < 4.78 is 5.68. The number of amides is 1. The van der Waals surface area contributed by atoms with Crippen LogP contribution in [0.1, 0.15) is 53.4 Å². The lowest BCUT2D eigenvalue weighted by molar-refractivity contribution is -0.131.